The van der Waals surface area contributed by atoms with E-state index in [4.69, 9.17) is 9.47 Å². The third-order valence-corrected chi connectivity index (χ3v) is 6.21. The molecule has 3 aromatic rings. The first kappa shape index (κ1) is 24.0. The summed E-state index contributed by atoms with van der Waals surface area (Å²) in [5.41, 5.74) is 2.05. The topological polar surface area (TPSA) is 76.1 Å². The number of likely N-dealkylation sites (tertiary alicyclic amines) is 1. The molecule has 35 heavy (non-hydrogen) atoms. The molecule has 1 aliphatic heterocycles. The molecule has 1 N–H and O–H groups in total. The van der Waals surface area contributed by atoms with E-state index in [1.54, 1.807) is 38.3 Å². The molecule has 0 bridgehead atoms. The van der Waals surface area contributed by atoms with E-state index >= 15 is 0 Å². The number of methoxy groups -OCH3 is 2. The Labute approximate surface area is 203 Å². The third kappa shape index (κ3) is 4.62. The van der Waals surface area contributed by atoms with Crippen molar-refractivity contribution in [1.82, 2.24) is 4.90 Å². The minimum absolute atomic E-state index is 0.0553. The molecule has 3 aromatic carbocycles. The average Bonchev–Trinajstić information content (AvgIpc) is 3.13. The van der Waals surface area contributed by atoms with E-state index in [1.807, 2.05) is 24.3 Å². The van der Waals surface area contributed by atoms with Crippen molar-refractivity contribution < 1.29 is 28.6 Å². The van der Waals surface area contributed by atoms with Crippen LogP contribution in [0.3, 0.4) is 0 Å². The lowest BCUT2D eigenvalue weighted by Gasteiger charge is -2.26. The average molecular weight is 476 g/mol. The zero-order valence-corrected chi connectivity index (χ0v) is 19.7. The maximum absolute atomic E-state index is 13.8. The monoisotopic (exact) mass is 475 g/mol. The van der Waals surface area contributed by atoms with Gasteiger partial charge in [0.15, 0.2) is 0 Å². The number of aryl methyl sites for hydroxylation is 1. The molecule has 0 aliphatic carbocycles. The lowest BCUT2D eigenvalue weighted by Crippen LogP contribution is -2.31. The van der Waals surface area contributed by atoms with E-state index in [1.165, 1.54) is 30.2 Å². The van der Waals surface area contributed by atoms with Crippen LogP contribution in [-0.2, 0) is 16.0 Å². The summed E-state index contributed by atoms with van der Waals surface area (Å²) < 4.78 is 24.6. The molecule has 180 valence electrons. The van der Waals surface area contributed by atoms with E-state index in [9.17, 15) is 19.1 Å². The molecule has 4 rings (SSSR count). The fourth-order valence-electron chi connectivity index (χ4n) is 4.32. The van der Waals surface area contributed by atoms with Crippen molar-refractivity contribution in [2.75, 3.05) is 20.8 Å². The number of carbonyl (C=O) groups excluding carboxylic acids is 2. The third-order valence-electron chi connectivity index (χ3n) is 6.21. The molecule has 0 aromatic heterocycles. The molecule has 1 atom stereocenters. The fraction of sp³-hybridized carbons (Fsp3) is 0.214. The van der Waals surface area contributed by atoms with Crippen molar-refractivity contribution in [2.24, 2.45) is 0 Å². The summed E-state index contributed by atoms with van der Waals surface area (Å²) in [5, 5.41) is 11.2. The number of aliphatic hydroxyl groups is 1. The molecule has 1 aliphatic rings. The number of para-hydroxylation sites is 1. The van der Waals surface area contributed by atoms with Gasteiger partial charge in [0.25, 0.3) is 11.7 Å². The molecule has 1 unspecified atom stereocenters. The minimum atomic E-state index is -0.866. The Morgan fingerprint density at radius 1 is 1.00 bits per heavy atom. The molecule has 1 fully saturated rings. The second kappa shape index (κ2) is 10.0. The van der Waals surface area contributed by atoms with Gasteiger partial charge >= 0.3 is 0 Å². The number of hydrogen-bond donors (Lipinski definition) is 1. The fourth-order valence-corrected chi connectivity index (χ4v) is 4.32. The van der Waals surface area contributed by atoms with E-state index in [0.717, 1.165) is 11.3 Å². The van der Waals surface area contributed by atoms with Crippen LogP contribution in [0.1, 0.15) is 28.3 Å². The number of ether oxygens (including phenoxy) is 2. The van der Waals surface area contributed by atoms with Gasteiger partial charge in [-0.1, -0.05) is 30.3 Å². The number of halogens is 1. The van der Waals surface area contributed by atoms with Crippen molar-refractivity contribution in [1.29, 1.82) is 0 Å². The predicted octanol–water partition coefficient (Wildman–Crippen LogP) is 4.82. The van der Waals surface area contributed by atoms with Crippen LogP contribution in [0.15, 0.2) is 72.3 Å². The number of amides is 1. The smallest absolute Gasteiger partial charge is 0.295 e. The molecule has 1 saturated heterocycles. The van der Waals surface area contributed by atoms with Crippen molar-refractivity contribution >= 4 is 17.4 Å². The molecule has 1 amide bonds. The zero-order chi connectivity index (χ0) is 25.1. The molecule has 0 radical (unpaired) electrons. The predicted molar refractivity (Wildman–Crippen MR) is 130 cm³/mol. The van der Waals surface area contributed by atoms with Crippen molar-refractivity contribution in [3.8, 4) is 11.5 Å². The number of carbonyl (C=O) groups is 2. The Kier molecular flexibility index (Phi) is 6.87. The van der Waals surface area contributed by atoms with Gasteiger partial charge in [-0.15, -0.1) is 0 Å². The van der Waals surface area contributed by atoms with Crippen LogP contribution in [0.4, 0.5) is 4.39 Å². The number of nitrogens with zero attached hydrogens (tertiary/aromatic N) is 1. The highest BCUT2D eigenvalue weighted by Crippen LogP contribution is 2.42. The van der Waals surface area contributed by atoms with Crippen LogP contribution in [0, 0.1) is 12.7 Å². The second-order valence-electron chi connectivity index (χ2n) is 8.30. The highest BCUT2D eigenvalue weighted by atomic mass is 19.1. The number of aliphatic hydroxyl groups excluding tert-OH is 1. The molecule has 7 heteroatoms. The first-order valence-electron chi connectivity index (χ1n) is 11.2. The number of hydrogen-bond acceptors (Lipinski definition) is 5. The molecular weight excluding hydrogens is 449 g/mol. The number of Topliss-reactive ketones (excluding diaryl/α,β-unsaturated/α-hetero) is 1. The summed E-state index contributed by atoms with van der Waals surface area (Å²) in [4.78, 5) is 27.9. The largest absolute Gasteiger partial charge is 0.507 e. The Morgan fingerprint density at radius 3 is 2.37 bits per heavy atom. The maximum atomic E-state index is 13.8. The summed E-state index contributed by atoms with van der Waals surface area (Å²) in [7, 11) is 3.09. The van der Waals surface area contributed by atoms with Gasteiger partial charge in [-0.2, -0.15) is 0 Å². The highest BCUT2D eigenvalue weighted by Gasteiger charge is 2.46. The van der Waals surface area contributed by atoms with Gasteiger partial charge in [-0.05, 0) is 60.9 Å². The van der Waals surface area contributed by atoms with Gasteiger partial charge in [-0.25, -0.2) is 4.39 Å². The Balaban J connectivity index is 1.79. The molecule has 6 nitrogen and oxygen atoms in total. The standard InChI is InChI=1S/C28H26FNO5/c1-17-16-19(10-13-22(17)29)26(31)24-25(21-6-4-5-7-23(21)35-3)30(28(33)27(24)32)15-14-18-8-11-20(34-2)12-9-18/h4-13,16,25,31H,14-15H2,1-3H3/b26-24+. The van der Waals surface area contributed by atoms with Crippen LogP contribution in [0.5, 0.6) is 11.5 Å². The van der Waals surface area contributed by atoms with E-state index in [0.29, 0.717) is 23.3 Å². The van der Waals surface area contributed by atoms with Crippen LogP contribution in [-0.4, -0.2) is 42.5 Å². The van der Waals surface area contributed by atoms with Gasteiger partial charge in [0, 0.05) is 17.7 Å². The zero-order valence-electron chi connectivity index (χ0n) is 19.7. The van der Waals surface area contributed by atoms with E-state index < -0.39 is 23.5 Å². The van der Waals surface area contributed by atoms with E-state index in [-0.39, 0.29) is 23.4 Å². The lowest BCUT2D eigenvalue weighted by atomic mass is 9.94. The molecular formula is C28H26FNO5. The molecule has 0 saturated carbocycles. The lowest BCUT2D eigenvalue weighted by molar-refractivity contribution is -0.139. The number of ketones is 1. The normalized spacial score (nSPS) is 17.0. The quantitative estimate of drug-likeness (QED) is 0.301. The van der Waals surface area contributed by atoms with Crippen molar-refractivity contribution in [3.63, 3.8) is 0 Å². The Morgan fingerprint density at radius 2 is 1.71 bits per heavy atom. The SMILES string of the molecule is COc1ccc(CCN2C(=O)C(=O)/C(=C(/O)c3ccc(F)c(C)c3)C2c2ccccc2OC)cc1. The van der Waals surface area contributed by atoms with Crippen LogP contribution < -0.4 is 9.47 Å². The summed E-state index contributed by atoms with van der Waals surface area (Å²) in [6.07, 6.45) is 0.484. The van der Waals surface area contributed by atoms with Crippen LogP contribution >= 0.6 is 0 Å². The maximum Gasteiger partial charge on any atom is 0.295 e. The van der Waals surface area contributed by atoms with Gasteiger partial charge < -0.3 is 19.5 Å². The van der Waals surface area contributed by atoms with Crippen molar-refractivity contribution in [2.45, 2.75) is 19.4 Å². The van der Waals surface area contributed by atoms with Crippen LogP contribution in [0.2, 0.25) is 0 Å². The molecule has 1 heterocycles. The van der Waals surface area contributed by atoms with Crippen molar-refractivity contribution in [3.05, 3.63) is 100 Å². The first-order chi connectivity index (χ1) is 16.8. The summed E-state index contributed by atoms with van der Waals surface area (Å²) in [6, 6.07) is 17.7. The number of benzene rings is 3. The summed E-state index contributed by atoms with van der Waals surface area (Å²) >= 11 is 0. The highest BCUT2D eigenvalue weighted by molar-refractivity contribution is 6.46. The second-order valence-corrected chi connectivity index (χ2v) is 8.30. The Bertz CT molecular complexity index is 1300. The van der Waals surface area contributed by atoms with Gasteiger partial charge in [0.05, 0.1) is 25.8 Å². The van der Waals surface area contributed by atoms with Crippen LogP contribution in [0.25, 0.3) is 5.76 Å². The molecule has 0 spiro atoms. The van der Waals surface area contributed by atoms with Gasteiger partial charge in [0.2, 0.25) is 0 Å². The minimum Gasteiger partial charge on any atom is -0.507 e. The summed E-state index contributed by atoms with van der Waals surface area (Å²) in [5.74, 6) is -1.09. The first-order valence-corrected chi connectivity index (χ1v) is 11.2. The Hall–Kier alpha value is -4.13. The number of rotatable bonds is 7. The van der Waals surface area contributed by atoms with E-state index in [2.05, 4.69) is 0 Å². The summed E-state index contributed by atoms with van der Waals surface area (Å²) in [6.45, 7) is 1.80. The van der Waals surface area contributed by atoms with Gasteiger partial charge in [-0.3, -0.25) is 9.59 Å². The van der Waals surface area contributed by atoms with Gasteiger partial charge in [0.1, 0.15) is 23.1 Å².